The van der Waals surface area contributed by atoms with E-state index >= 15 is 0 Å². The van der Waals surface area contributed by atoms with Gasteiger partial charge in [0.15, 0.2) is 0 Å². The smallest absolute Gasteiger partial charge is 0.238 e. The fourth-order valence-corrected chi connectivity index (χ4v) is 4.97. The van der Waals surface area contributed by atoms with Gasteiger partial charge in [-0.1, -0.05) is 24.3 Å². The van der Waals surface area contributed by atoms with E-state index < -0.39 is 0 Å². The SMILES string of the molecule is CCOc1ccc([C@H]2CCCN2C(=O)C[C@H]2Sc3ccccc3NC2=O)cc1. The van der Waals surface area contributed by atoms with E-state index in [4.69, 9.17) is 4.74 Å². The van der Waals surface area contributed by atoms with Crippen molar-refractivity contribution in [1.29, 1.82) is 0 Å². The molecule has 4 rings (SSSR count). The van der Waals surface area contributed by atoms with Gasteiger partial charge < -0.3 is 15.0 Å². The molecule has 146 valence electrons. The predicted molar refractivity (Wildman–Crippen MR) is 111 cm³/mol. The number of fused-ring (bicyclic) bond motifs is 1. The van der Waals surface area contributed by atoms with Crippen LogP contribution in [-0.4, -0.2) is 35.1 Å². The molecule has 2 heterocycles. The molecule has 2 aliphatic heterocycles. The maximum atomic E-state index is 13.0. The zero-order chi connectivity index (χ0) is 19.5. The van der Waals surface area contributed by atoms with Crippen molar-refractivity contribution < 1.29 is 14.3 Å². The van der Waals surface area contributed by atoms with Gasteiger partial charge in [-0.25, -0.2) is 0 Å². The molecule has 2 aromatic rings. The van der Waals surface area contributed by atoms with Gasteiger partial charge in [-0.3, -0.25) is 9.59 Å². The summed E-state index contributed by atoms with van der Waals surface area (Å²) in [5.41, 5.74) is 1.95. The molecule has 0 bridgehead atoms. The molecule has 1 fully saturated rings. The molecule has 28 heavy (non-hydrogen) atoms. The van der Waals surface area contributed by atoms with Gasteiger partial charge in [0.05, 0.1) is 23.6 Å². The number of ether oxygens (including phenoxy) is 1. The first-order chi connectivity index (χ1) is 13.7. The van der Waals surface area contributed by atoms with E-state index in [9.17, 15) is 9.59 Å². The Hall–Kier alpha value is -2.47. The third-order valence-electron chi connectivity index (χ3n) is 5.22. The summed E-state index contributed by atoms with van der Waals surface area (Å²) >= 11 is 1.48. The molecule has 5 nitrogen and oxygen atoms in total. The molecule has 0 aromatic heterocycles. The van der Waals surface area contributed by atoms with Crippen molar-refractivity contribution in [1.82, 2.24) is 4.90 Å². The number of rotatable bonds is 5. The number of carbonyl (C=O) groups excluding carboxylic acids is 2. The number of benzene rings is 2. The highest BCUT2D eigenvalue weighted by Crippen LogP contribution is 2.38. The molecule has 1 saturated heterocycles. The molecule has 0 spiro atoms. The van der Waals surface area contributed by atoms with Crippen molar-refractivity contribution in [2.24, 2.45) is 0 Å². The quantitative estimate of drug-likeness (QED) is 0.821. The van der Waals surface area contributed by atoms with Crippen molar-refractivity contribution in [3.05, 3.63) is 54.1 Å². The van der Waals surface area contributed by atoms with Crippen molar-refractivity contribution in [2.75, 3.05) is 18.5 Å². The Kier molecular flexibility index (Phi) is 5.57. The third kappa shape index (κ3) is 3.87. The first kappa shape index (κ1) is 18.9. The molecule has 1 N–H and O–H groups in total. The number of nitrogens with zero attached hydrogens (tertiary/aromatic N) is 1. The summed E-state index contributed by atoms with van der Waals surface area (Å²) in [5, 5.41) is 2.54. The van der Waals surface area contributed by atoms with E-state index in [-0.39, 0.29) is 29.5 Å². The highest BCUT2D eigenvalue weighted by atomic mass is 32.2. The number of amides is 2. The molecule has 0 unspecified atom stereocenters. The maximum absolute atomic E-state index is 13.0. The summed E-state index contributed by atoms with van der Waals surface area (Å²) < 4.78 is 5.51. The van der Waals surface area contributed by atoms with Crippen LogP contribution in [0.5, 0.6) is 5.75 Å². The second-order valence-electron chi connectivity index (χ2n) is 7.04. The van der Waals surface area contributed by atoms with Crippen LogP contribution in [0.25, 0.3) is 0 Å². The fourth-order valence-electron chi connectivity index (χ4n) is 3.87. The van der Waals surface area contributed by atoms with Crippen molar-refractivity contribution in [2.45, 2.75) is 42.4 Å². The summed E-state index contributed by atoms with van der Waals surface area (Å²) in [5.74, 6) is 0.799. The zero-order valence-corrected chi connectivity index (χ0v) is 16.7. The lowest BCUT2D eigenvalue weighted by molar-refractivity contribution is -0.133. The van der Waals surface area contributed by atoms with Gasteiger partial charge in [-0.2, -0.15) is 0 Å². The lowest BCUT2D eigenvalue weighted by Crippen LogP contribution is -2.37. The summed E-state index contributed by atoms with van der Waals surface area (Å²) in [6.45, 7) is 3.34. The Balaban J connectivity index is 1.44. The average molecular weight is 397 g/mol. The Morgan fingerprint density at radius 3 is 2.79 bits per heavy atom. The van der Waals surface area contributed by atoms with Gasteiger partial charge in [-0.15, -0.1) is 11.8 Å². The van der Waals surface area contributed by atoms with Crippen LogP contribution in [-0.2, 0) is 9.59 Å². The van der Waals surface area contributed by atoms with Crippen LogP contribution in [0.2, 0.25) is 0 Å². The van der Waals surface area contributed by atoms with Gasteiger partial charge in [-0.05, 0) is 49.6 Å². The molecular weight excluding hydrogens is 372 g/mol. The Morgan fingerprint density at radius 1 is 1.21 bits per heavy atom. The van der Waals surface area contributed by atoms with Crippen molar-refractivity contribution in [3.63, 3.8) is 0 Å². The van der Waals surface area contributed by atoms with Crippen LogP contribution in [0.4, 0.5) is 5.69 Å². The van der Waals surface area contributed by atoms with E-state index in [1.807, 2.05) is 60.4 Å². The molecule has 6 heteroatoms. The van der Waals surface area contributed by atoms with Gasteiger partial charge in [0, 0.05) is 17.9 Å². The second kappa shape index (κ2) is 8.27. The summed E-state index contributed by atoms with van der Waals surface area (Å²) in [4.78, 5) is 28.4. The molecular formula is C22H24N2O3S. The Morgan fingerprint density at radius 2 is 2.00 bits per heavy atom. The number of nitrogens with one attached hydrogen (secondary N) is 1. The zero-order valence-electron chi connectivity index (χ0n) is 15.9. The van der Waals surface area contributed by atoms with E-state index in [1.54, 1.807) is 0 Å². The van der Waals surface area contributed by atoms with Crippen LogP contribution < -0.4 is 10.1 Å². The third-order valence-corrected chi connectivity index (χ3v) is 6.49. The number of carbonyl (C=O) groups is 2. The largest absolute Gasteiger partial charge is 0.494 e. The van der Waals surface area contributed by atoms with Crippen molar-refractivity contribution >= 4 is 29.3 Å². The number of anilines is 1. The second-order valence-corrected chi connectivity index (χ2v) is 8.29. The van der Waals surface area contributed by atoms with E-state index in [1.165, 1.54) is 11.8 Å². The predicted octanol–water partition coefficient (Wildman–Crippen LogP) is 4.25. The van der Waals surface area contributed by atoms with Crippen LogP contribution >= 0.6 is 11.8 Å². The first-order valence-corrected chi connectivity index (χ1v) is 10.6. The van der Waals surface area contributed by atoms with Crippen LogP contribution in [0.3, 0.4) is 0 Å². The molecule has 2 aromatic carbocycles. The van der Waals surface area contributed by atoms with Gasteiger partial charge in [0.2, 0.25) is 11.8 Å². The number of likely N-dealkylation sites (tertiary alicyclic amines) is 1. The standard InChI is InChI=1S/C22H24N2O3S/c1-2-27-16-11-9-15(10-12-16)18-7-5-13-24(18)21(25)14-20-22(26)23-17-6-3-4-8-19(17)28-20/h3-4,6,8-12,18,20H,2,5,7,13-14H2,1H3,(H,23,26)/t18-,20-/m1/s1. The lowest BCUT2D eigenvalue weighted by Gasteiger charge is -2.28. The minimum Gasteiger partial charge on any atom is -0.494 e. The van der Waals surface area contributed by atoms with Gasteiger partial charge in [0.25, 0.3) is 0 Å². The number of hydrogen-bond donors (Lipinski definition) is 1. The molecule has 2 atom stereocenters. The normalized spacial score (nSPS) is 21.2. The summed E-state index contributed by atoms with van der Waals surface area (Å²) in [6.07, 6.45) is 2.15. The minimum atomic E-state index is -0.385. The number of hydrogen-bond acceptors (Lipinski definition) is 4. The van der Waals surface area contributed by atoms with Gasteiger partial charge >= 0.3 is 0 Å². The topological polar surface area (TPSA) is 58.6 Å². The number of thioether (sulfide) groups is 1. The Labute approximate surface area is 169 Å². The Bertz CT molecular complexity index is 868. The molecule has 0 aliphatic carbocycles. The van der Waals surface area contributed by atoms with E-state index in [0.717, 1.165) is 41.3 Å². The van der Waals surface area contributed by atoms with E-state index in [0.29, 0.717) is 6.61 Å². The molecule has 2 aliphatic rings. The fraction of sp³-hybridized carbons (Fsp3) is 0.364. The molecule has 0 saturated carbocycles. The van der Waals surface area contributed by atoms with Crippen LogP contribution in [0.15, 0.2) is 53.4 Å². The lowest BCUT2D eigenvalue weighted by atomic mass is 10.0. The average Bonchev–Trinajstić information content (AvgIpc) is 3.19. The van der Waals surface area contributed by atoms with Gasteiger partial charge in [0.1, 0.15) is 5.75 Å². The minimum absolute atomic E-state index is 0.0448. The van der Waals surface area contributed by atoms with E-state index in [2.05, 4.69) is 5.32 Å². The highest BCUT2D eigenvalue weighted by molar-refractivity contribution is 8.01. The maximum Gasteiger partial charge on any atom is 0.238 e. The first-order valence-electron chi connectivity index (χ1n) is 9.74. The summed E-state index contributed by atoms with van der Waals surface area (Å²) in [7, 11) is 0. The summed E-state index contributed by atoms with van der Waals surface area (Å²) in [6, 6.07) is 15.8. The van der Waals surface area contributed by atoms with Crippen LogP contribution in [0.1, 0.15) is 37.8 Å². The molecule has 2 amide bonds. The van der Waals surface area contributed by atoms with Crippen LogP contribution in [0, 0.1) is 0 Å². The molecule has 0 radical (unpaired) electrons. The number of para-hydroxylation sites is 1. The van der Waals surface area contributed by atoms with Crippen molar-refractivity contribution in [3.8, 4) is 5.75 Å². The monoisotopic (exact) mass is 396 g/mol. The highest BCUT2D eigenvalue weighted by Gasteiger charge is 2.34.